The van der Waals surface area contributed by atoms with Gasteiger partial charge in [0, 0.05) is 10.4 Å². The highest BCUT2D eigenvalue weighted by atomic mass is 32.1. The molecule has 1 amide bonds. The summed E-state index contributed by atoms with van der Waals surface area (Å²) in [6.45, 7) is 2.01. The minimum Gasteiger partial charge on any atom is -0.496 e. The fourth-order valence-electron chi connectivity index (χ4n) is 1.58. The zero-order valence-corrected chi connectivity index (χ0v) is 11.5. The first-order valence-corrected chi connectivity index (χ1v) is 6.61. The first kappa shape index (κ1) is 13.3. The van der Waals surface area contributed by atoms with E-state index in [4.69, 9.17) is 4.74 Å². The molecule has 4 nitrogen and oxygen atoms in total. The molecule has 0 atom stereocenters. The molecule has 1 heterocycles. The van der Waals surface area contributed by atoms with E-state index in [1.165, 1.54) is 7.11 Å². The third kappa shape index (κ3) is 3.20. The van der Waals surface area contributed by atoms with Crippen LogP contribution in [-0.2, 0) is 0 Å². The van der Waals surface area contributed by atoms with Crippen LogP contribution in [0.5, 0.6) is 5.75 Å². The van der Waals surface area contributed by atoms with Crippen LogP contribution in [0.25, 0.3) is 0 Å². The molecule has 1 N–H and O–H groups in total. The van der Waals surface area contributed by atoms with Crippen LogP contribution < -0.4 is 10.2 Å². The summed E-state index contributed by atoms with van der Waals surface area (Å²) in [4.78, 5) is 13.1. The van der Waals surface area contributed by atoms with Crippen molar-refractivity contribution in [3.63, 3.8) is 0 Å². The number of methoxy groups -OCH3 is 1. The average Bonchev–Trinajstić information content (AvgIpc) is 2.84. The van der Waals surface area contributed by atoms with Crippen molar-refractivity contribution in [3.05, 3.63) is 51.7 Å². The molecule has 1 aromatic carbocycles. The number of ether oxygens (including phenoxy) is 1. The van der Waals surface area contributed by atoms with Crippen molar-refractivity contribution in [2.45, 2.75) is 6.92 Å². The van der Waals surface area contributed by atoms with Crippen LogP contribution >= 0.6 is 11.3 Å². The van der Waals surface area contributed by atoms with Gasteiger partial charge >= 0.3 is 0 Å². The molecule has 0 aliphatic rings. The van der Waals surface area contributed by atoms with Gasteiger partial charge in [-0.05, 0) is 30.5 Å². The standard InChI is InChI=1S/C14H14N2O2S/c1-10-11(7-8-19-10)9-15-16-14(17)12-5-3-4-6-13(12)18-2/h3-9H,1-2H3,(H,16,17). The van der Waals surface area contributed by atoms with Crippen molar-refractivity contribution >= 4 is 23.5 Å². The molecule has 0 fully saturated rings. The van der Waals surface area contributed by atoms with E-state index in [-0.39, 0.29) is 5.91 Å². The maximum Gasteiger partial charge on any atom is 0.275 e. The highest BCUT2D eigenvalue weighted by Crippen LogP contribution is 2.17. The minimum absolute atomic E-state index is 0.290. The number of rotatable bonds is 4. The maximum absolute atomic E-state index is 11.9. The Morgan fingerprint density at radius 1 is 1.37 bits per heavy atom. The largest absolute Gasteiger partial charge is 0.496 e. The second kappa shape index (κ2) is 6.15. The van der Waals surface area contributed by atoms with E-state index in [2.05, 4.69) is 10.5 Å². The maximum atomic E-state index is 11.9. The van der Waals surface area contributed by atoms with E-state index in [1.54, 1.807) is 35.8 Å². The molecule has 98 valence electrons. The van der Waals surface area contributed by atoms with Crippen LogP contribution in [0.3, 0.4) is 0 Å². The number of thiophene rings is 1. The number of nitrogens with one attached hydrogen (secondary N) is 1. The summed E-state index contributed by atoms with van der Waals surface area (Å²) in [5.41, 5.74) is 3.96. The Bertz CT molecular complexity index is 605. The Labute approximate surface area is 115 Å². The molecule has 1 aromatic heterocycles. The molecule has 0 radical (unpaired) electrons. The van der Waals surface area contributed by atoms with Crippen molar-refractivity contribution in [2.75, 3.05) is 7.11 Å². The molecule has 19 heavy (non-hydrogen) atoms. The van der Waals surface area contributed by atoms with E-state index >= 15 is 0 Å². The number of amides is 1. The van der Waals surface area contributed by atoms with Gasteiger partial charge < -0.3 is 4.74 Å². The highest BCUT2D eigenvalue weighted by molar-refractivity contribution is 7.10. The van der Waals surface area contributed by atoms with E-state index in [1.807, 2.05) is 24.4 Å². The lowest BCUT2D eigenvalue weighted by Crippen LogP contribution is -2.18. The van der Waals surface area contributed by atoms with Crippen molar-refractivity contribution in [3.8, 4) is 5.75 Å². The van der Waals surface area contributed by atoms with E-state index < -0.39 is 0 Å². The Hall–Kier alpha value is -2.14. The van der Waals surface area contributed by atoms with Crippen molar-refractivity contribution in [2.24, 2.45) is 5.10 Å². The third-order valence-electron chi connectivity index (χ3n) is 2.62. The Morgan fingerprint density at radius 2 is 2.16 bits per heavy atom. The molecule has 0 unspecified atom stereocenters. The highest BCUT2D eigenvalue weighted by Gasteiger charge is 2.09. The van der Waals surface area contributed by atoms with Crippen LogP contribution in [0.2, 0.25) is 0 Å². The van der Waals surface area contributed by atoms with Gasteiger partial charge in [0.1, 0.15) is 5.75 Å². The van der Waals surface area contributed by atoms with E-state index in [9.17, 15) is 4.79 Å². The van der Waals surface area contributed by atoms with Crippen LogP contribution in [0, 0.1) is 6.92 Å². The van der Waals surface area contributed by atoms with Crippen LogP contribution in [0.15, 0.2) is 40.8 Å². The summed E-state index contributed by atoms with van der Waals surface area (Å²) in [7, 11) is 1.53. The van der Waals surface area contributed by atoms with E-state index in [0.29, 0.717) is 11.3 Å². The number of nitrogens with zero attached hydrogens (tertiary/aromatic N) is 1. The molecule has 0 spiro atoms. The van der Waals surface area contributed by atoms with E-state index in [0.717, 1.165) is 10.4 Å². The number of para-hydroxylation sites is 1. The topological polar surface area (TPSA) is 50.7 Å². The summed E-state index contributed by atoms with van der Waals surface area (Å²) < 4.78 is 5.13. The number of carbonyl (C=O) groups is 1. The van der Waals surface area contributed by atoms with Crippen molar-refractivity contribution in [1.82, 2.24) is 5.43 Å². The van der Waals surface area contributed by atoms with Crippen LogP contribution in [0.1, 0.15) is 20.8 Å². The third-order valence-corrected chi connectivity index (χ3v) is 3.48. The lowest BCUT2D eigenvalue weighted by atomic mass is 10.2. The zero-order chi connectivity index (χ0) is 13.7. The summed E-state index contributed by atoms with van der Waals surface area (Å²) in [5.74, 6) is 0.239. The minimum atomic E-state index is -0.290. The predicted octanol–water partition coefficient (Wildman–Crippen LogP) is 2.83. The fourth-order valence-corrected chi connectivity index (χ4v) is 2.26. The molecule has 0 saturated carbocycles. The number of hydrazone groups is 1. The molecule has 0 saturated heterocycles. The number of benzene rings is 1. The number of hydrogen-bond acceptors (Lipinski definition) is 4. The smallest absolute Gasteiger partial charge is 0.275 e. The molecule has 0 bridgehead atoms. The first-order chi connectivity index (χ1) is 9.22. The van der Waals surface area contributed by atoms with Crippen LogP contribution in [0.4, 0.5) is 0 Å². The van der Waals surface area contributed by atoms with Gasteiger partial charge in [-0.1, -0.05) is 12.1 Å². The zero-order valence-electron chi connectivity index (χ0n) is 10.7. The Balaban J connectivity index is 2.06. The summed E-state index contributed by atoms with van der Waals surface area (Å²) >= 11 is 1.64. The second-order valence-electron chi connectivity index (χ2n) is 3.83. The van der Waals surface area contributed by atoms with Crippen LogP contribution in [-0.4, -0.2) is 19.2 Å². The van der Waals surface area contributed by atoms with Gasteiger partial charge in [-0.3, -0.25) is 4.79 Å². The SMILES string of the molecule is COc1ccccc1C(=O)NN=Cc1ccsc1C. The van der Waals surface area contributed by atoms with Gasteiger partial charge in [0.15, 0.2) is 0 Å². The Morgan fingerprint density at radius 3 is 2.84 bits per heavy atom. The monoisotopic (exact) mass is 274 g/mol. The lowest BCUT2D eigenvalue weighted by Gasteiger charge is -2.05. The van der Waals surface area contributed by atoms with Crippen molar-refractivity contribution < 1.29 is 9.53 Å². The number of carbonyl (C=O) groups excluding carboxylic acids is 1. The molecule has 2 rings (SSSR count). The molecule has 2 aromatic rings. The molecule has 5 heteroatoms. The molecule has 0 aliphatic carbocycles. The summed E-state index contributed by atoms with van der Waals surface area (Å²) in [6, 6.07) is 8.98. The number of hydrogen-bond donors (Lipinski definition) is 1. The normalized spacial score (nSPS) is 10.6. The van der Waals surface area contributed by atoms with Gasteiger partial charge in [0.05, 0.1) is 18.9 Å². The predicted molar refractivity (Wildman–Crippen MR) is 77.1 cm³/mol. The van der Waals surface area contributed by atoms with Gasteiger partial charge in [-0.25, -0.2) is 5.43 Å². The second-order valence-corrected chi connectivity index (χ2v) is 4.95. The van der Waals surface area contributed by atoms with Gasteiger partial charge in [-0.15, -0.1) is 11.3 Å². The number of aryl methyl sites for hydroxylation is 1. The van der Waals surface area contributed by atoms with Crippen molar-refractivity contribution in [1.29, 1.82) is 0 Å². The van der Waals surface area contributed by atoms with Gasteiger partial charge in [0.25, 0.3) is 5.91 Å². The van der Waals surface area contributed by atoms with Gasteiger partial charge in [-0.2, -0.15) is 5.10 Å². The summed E-state index contributed by atoms with van der Waals surface area (Å²) in [5, 5.41) is 5.94. The molecular formula is C14H14N2O2S. The fraction of sp³-hybridized carbons (Fsp3) is 0.143. The summed E-state index contributed by atoms with van der Waals surface area (Å²) in [6.07, 6.45) is 1.64. The Kier molecular flexibility index (Phi) is 4.30. The lowest BCUT2D eigenvalue weighted by molar-refractivity contribution is 0.0952. The molecule has 0 aliphatic heterocycles. The molecular weight excluding hydrogens is 260 g/mol. The van der Waals surface area contributed by atoms with Gasteiger partial charge in [0.2, 0.25) is 0 Å². The quantitative estimate of drug-likeness (QED) is 0.688. The first-order valence-electron chi connectivity index (χ1n) is 5.73. The average molecular weight is 274 g/mol.